The highest BCUT2D eigenvalue weighted by molar-refractivity contribution is 5.95. The molecule has 0 atom stereocenters. The van der Waals surface area contributed by atoms with Gasteiger partial charge < -0.3 is 9.64 Å². The number of esters is 1. The maximum Gasteiger partial charge on any atom is 0.325 e. The molecule has 6 heteroatoms. The molecule has 0 radical (unpaired) electrons. The van der Waals surface area contributed by atoms with Gasteiger partial charge in [0.05, 0.1) is 12.7 Å². The first-order valence-corrected chi connectivity index (χ1v) is 7.00. The molecule has 1 amide bonds. The zero-order valence-electron chi connectivity index (χ0n) is 12.6. The SMILES string of the molecule is CCC(CC)CN(CC(=O)OC)C(=O)c1cccnc1F. The highest BCUT2D eigenvalue weighted by Crippen LogP contribution is 2.14. The van der Waals surface area contributed by atoms with Gasteiger partial charge in [0.2, 0.25) is 5.95 Å². The summed E-state index contributed by atoms with van der Waals surface area (Å²) in [6.45, 7) is 4.22. The average molecular weight is 296 g/mol. The summed E-state index contributed by atoms with van der Waals surface area (Å²) < 4.78 is 18.2. The van der Waals surface area contributed by atoms with Gasteiger partial charge in [-0.25, -0.2) is 4.98 Å². The summed E-state index contributed by atoms with van der Waals surface area (Å²) >= 11 is 0. The molecule has 1 aromatic rings. The Kier molecular flexibility index (Phi) is 6.78. The van der Waals surface area contributed by atoms with Crippen molar-refractivity contribution in [1.29, 1.82) is 0 Å². The number of aromatic nitrogens is 1. The first-order chi connectivity index (χ1) is 10.0. The van der Waals surface area contributed by atoms with Gasteiger partial charge in [-0.05, 0) is 18.1 Å². The first kappa shape index (κ1) is 17.1. The second-order valence-electron chi connectivity index (χ2n) is 4.79. The molecule has 116 valence electrons. The van der Waals surface area contributed by atoms with Gasteiger partial charge in [-0.3, -0.25) is 9.59 Å². The number of ether oxygens (including phenoxy) is 1. The number of carbonyl (C=O) groups is 2. The Morgan fingerprint density at radius 1 is 1.38 bits per heavy atom. The fourth-order valence-corrected chi connectivity index (χ4v) is 2.01. The van der Waals surface area contributed by atoms with Crippen LogP contribution in [0.2, 0.25) is 0 Å². The number of nitrogens with zero attached hydrogens (tertiary/aromatic N) is 2. The van der Waals surface area contributed by atoms with E-state index in [-0.39, 0.29) is 18.0 Å². The van der Waals surface area contributed by atoms with Gasteiger partial charge in [0, 0.05) is 12.7 Å². The van der Waals surface area contributed by atoms with E-state index in [0.717, 1.165) is 12.8 Å². The van der Waals surface area contributed by atoms with Crippen molar-refractivity contribution in [3.05, 3.63) is 29.8 Å². The zero-order chi connectivity index (χ0) is 15.8. The van der Waals surface area contributed by atoms with Gasteiger partial charge in [-0.2, -0.15) is 4.39 Å². The van der Waals surface area contributed by atoms with Gasteiger partial charge >= 0.3 is 5.97 Å². The topological polar surface area (TPSA) is 59.5 Å². The van der Waals surface area contributed by atoms with E-state index < -0.39 is 17.8 Å². The van der Waals surface area contributed by atoms with Gasteiger partial charge in [-0.1, -0.05) is 26.7 Å². The van der Waals surface area contributed by atoms with Crippen LogP contribution in [0, 0.1) is 11.9 Å². The predicted molar refractivity (Wildman–Crippen MR) is 76.2 cm³/mol. The molecular formula is C15H21FN2O3. The number of methoxy groups -OCH3 is 1. The van der Waals surface area contributed by atoms with Crippen molar-refractivity contribution in [2.24, 2.45) is 5.92 Å². The molecule has 0 unspecified atom stereocenters. The van der Waals surface area contributed by atoms with E-state index in [1.54, 1.807) is 0 Å². The Bertz CT molecular complexity index is 490. The number of amides is 1. The molecule has 0 fully saturated rings. The van der Waals surface area contributed by atoms with Crippen molar-refractivity contribution in [2.45, 2.75) is 26.7 Å². The molecule has 0 saturated heterocycles. The third-order valence-electron chi connectivity index (χ3n) is 3.46. The lowest BCUT2D eigenvalue weighted by atomic mass is 10.0. The smallest absolute Gasteiger partial charge is 0.325 e. The van der Waals surface area contributed by atoms with E-state index in [4.69, 9.17) is 0 Å². The molecule has 0 aliphatic rings. The van der Waals surface area contributed by atoms with Crippen molar-refractivity contribution >= 4 is 11.9 Å². The minimum atomic E-state index is -0.832. The molecule has 0 aliphatic carbocycles. The number of rotatable bonds is 7. The van der Waals surface area contributed by atoms with Crippen LogP contribution in [0.4, 0.5) is 4.39 Å². The highest BCUT2D eigenvalue weighted by Gasteiger charge is 2.24. The normalized spacial score (nSPS) is 10.5. The lowest BCUT2D eigenvalue weighted by Crippen LogP contribution is -2.40. The maximum atomic E-state index is 13.6. The molecule has 0 aliphatic heterocycles. The number of hydrogen-bond donors (Lipinski definition) is 0. The van der Waals surface area contributed by atoms with Crippen molar-refractivity contribution in [1.82, 2.24) is 9.88 Å². The van der Waals surface area contributed by atoms with Crippen LogP contribution in [-0.4, -0.2) is 42.0 Å². The quantitative estimate of drug-likeness (QED) is 0.572. The molecule has 1 heterocycles. The molecule has 1 aromatic heterocycles. The van der Waals surface area contributed by atoms with E-state index in [9.17, 15) is 14.0 Å². The van der Waals surface area contributed by atoms with Crippen LogP contribution < -0.4 is 0 Å². The van der Waals surface area contributed by atoms with Crippen LogP contribution in [0.3, 0.4) is 0 Å². The largest absolute Gasteiger partial charge is 0.468 e. The third kappa shape index (κ3) is 4.81. The summed E-state index contributed by atoms with van der Waals surface area (Å²) in [4.78, 5) is 28.7. The number of halogens is 1. The molecule has 0 spiro atoms. The van der Waals surface area contributed by atoms with Crippen molar-refractivity contribution in [2.75, 3.05) is 20.2 Å². The molecule has 1 rings (SSSR count). The van der Waals surface area contributed by atoms with Crippen molar-refractivity contribution in [3.63, 3.8) is 0 Å². The van der Waals surface area contributed by atoms with Crippen LogP contribution in [0.15, 0.2) is 18.3 Å². The van der Waals surface area contributed by atoms with E-state index in [1.807, 2.05) is 13.8 Å². The summed E-state index contributed by atoms with van der Waals surface area (Å²) in [6, 6.07) is 2.85. The van der Waals surface area contributed by atoms with Crippen LogP contribution in [-0.2, 0) is 9.53 Å². The Labute approximate surface area is 124 Å². The average Bonchev–Trinajstić information content (AvgIpc) is 2.50. The monoisotopic (exact) mass is 296 g/mol. The summed E-state index contributed by atoms with van der Waals surface area (Å²) in [5.74, 6) is -1.66. The standard InChI is InChI=1S/C15H21FN2O3/c1-4-11(5-2)9-18(10-13(19)21-3)15(20)12-7-6-8-17-14(12)16/h6-8,11H,4-5,9-10H2,1-3H3. The third-order valence-corrected chi connectivity index (χ3v) is 3.46. The fourth-order valence-electron chi connectivity index (χ4n) is 2.01. The summed E-state index contributed by atoms with van der Waals surface area (Å²) in [5.41, 5.74) is -0.132. The summed E-state index contributed by atoms with van der Waals surface area (Å²) in [5, 5.41) is 0. The summed E-state index contributed by atoms with van der Waals surface area (Å²) in [6.07, 6.45) is 3.02. The molecular weight excluding hydrogens is 275 g/mol. The van der Waals surface area contributed by atoms with Gasteiger partial charge in [0.25, 0.3) is 5.91 Å². The Morgan fingerprint density at radius 2 is 2.05 bits per heavy atom. The molecule has 0 bridgehead atoms. The molecule has 0 N–H and O–H groups in total. The lowest BCUT2D eigenvalue weighted by molar-refractivity contribution is -0.141. The minimum absolute atomic E-state index is 0.132. The van der Waals surface area contributed by atoms with Crippen LogP contribution >= 0.6 is 0 Å². The van der Waals surface area contributed by atoms with Crippen LogP contribution in [0.1, 0.15) is 37.0 Å². The Balaban J connectivity index is 2.96. The maximum absolute atomic E-state index is 13.6. The first-order valence-electron chi connectivity index (χ1n) is 7.00. The molecule has 0 saturated carbocycles. The lowest BCUT2D eigenvalue weighted by Gasteiger charge is -2.25. The van der Waals surface area contributed by atoms with Crippen LogP contribution in [0.5, 0.6) is 0 Å². The predicted octanol–water partition coefficient (Wildman–Crippen LogP) is 2.27. The van der Waals surface area contributed by atoms with Crippen molar-refractivity contribution < 1.29 is 18.7 Å². The van der Waals surface area contributed by atoms with Gasteiger partial charge in [0.1, 0.15) is 6.54 Å². The van der Waals surface area contributed by atoms with E-state index in [2.05, 4.69) is 9.72 Å². The second kappa shape index (κ2) is 8.34. The van der Waals surface area contributed by atoms with Gasteiger partial charge in [-0.15, -0.1) is 0 Å². The molecule has 5 nitrogen and oxygen atoms in total. The van der Waals surface area contributed by atoms with E-state index in [0.29, 0.717) is 6.54 Å². The number of pyridine rings is 1. The van der Waals surface area contributed by atoms with Gasteiger partial charge in [0.15, 0.2) is 0 Å². The minimum Gasteiger partial charge on any atom is -0.468 e. The van der Waals surface area contributed by atoms with Crippen molar-refractivity contribution in [3.8, 4) is 0 Å². The Morgan fingerprint density at radius 3 is 2.57 bits per heavy atom. The van der Waals surface area contributed by atoms with Crippen LogP contribution in [0.25, 0.3) is 0 Å². The van der Waals surface area contributed by atoms with E-state index >= 15 is 0 Å². The second-order valence-corrected chi connectivity index (χ2v) is 4.79. The highest BCUT2D eigenvalue weighted by atomic mass is 19.1. The summed E-state index contributed by atoms with van der Waals surface area (Å²) in [7, 11) is 1.26. The molecule has 21 heavy (non-hydrogen) atoms. The zero-order valence-corrected chi connectivity index (χ0v) is 12.6. The number of carbonyl (C=O) groups excluding carboxylic acids is 2. The number of hydrogen-bond acceptors (Lipinski definition) is 4. The molecule has 0 aromatic carbocycles. The fraction of sp³-hybridized carbons (Fsp3) is 0.533. The Hall–Kier alpha value is -1.98. The van der Waals surface area contributed by atoms with E-state index in [1.165, 1.54) is 30.3 Å².